The molecule has 1 heterocycles. The van der Waals surface area contributed by atoms with Gasteiger partial charge in [0.15, 0.2) is 4.32 Å². The fourth-order valence-electron chi connectivity index (χ4n) is 2.24. The monoisotopic (exact) mass is 448 g/mol. The van der Waals surface area contributed by atoms with Gasteiger partial charge in [0.05, 0.1) is 15.4 Å². The number of thioether (sulfide) groups is 1. The number of non-ortho nitro benzene ring substituents is 1. The number of nitro benzene ring substituents is 1. The summed E-state index contributed by atoms with van der Waals surface area (Å²) < 4.78 is 0.710. The number of carbonyl (C=O) groups excluding carboxylic acids is 2. The second kappa shape index (κ2) is 7.48. The van der Waals surface area contributed by atoms with E-state index in [1.807, 2.05) is 0 Å². The van der Waals surface area contributed by atoms with Gasteiger partial charge in [0.1, 0.15) is 0 Å². The molecule has 26 heavy (non-hydrogen) atoms. The van der Waals surface area contributed by atoms with Gasteiger partial charge in [0, 0.05) is 16.6 Å². The topological polar surface area (TPSA) is 80.5 Å². The second-order valence-corrected chi connectivity index (χ2v) is 7.68. The molecule has 1 aliphatic rings. The zero-order valence-corrected chi connectivity index (χ0v) is 16.1. The molecule has 0 saturated carbocycles. The van der Waals surface area contributed by atoms with Crippen molar-refractivity contribution in [2.45, 2.75) is 0 Å². The van der Waals surface area contributed by atoms with Crippen molar-refractivity contribution in [2.75, 3.05) is 0 Å². The summed E-state index contributed by atoms with van der Waals surface area (Å²) in [4.78, 5) is 36.7. The Morgan fingerprint density at radius 1 is 1.19 bits per heavy atom. The van der Waals surface area contributed by atoms with E-state index < -0.39 is 16.7 Å². The largest absolute Gasteiger partial charge is 0.273 e. The van der Waals surface area contributed by atoms with E-state index in [9.17, 15) is 19.7 Å². The molecule has 0 aromatic heterocycles. The van der Waals surface area contributed by atoms with Crippen LogP contribution in [0.2, 0.25) is 0 Å². The van der Waals surface area contributed by atoms with Crippen LogP contribution in [0.15, 0.2) is 57.9 Å². The van der Waals surface area contributed by atoms with E-state index >= 15 is 0 Å². The van der Waals surface area contributed by atoms with Gasteiger partial charge in [-0.05, 0) is 51.8 Å². The Morgan fingerprint density at radius 2 is 1.85 bits per heavy atom. The molecular formula is C17H9BrN2O4S2. The zero-order chi connectivity index (χ0) is 18.8. The molecule has 2 amide bonds. The smallest absolute Gasteiger partial charge is 0.268 e. The highest BCUT2D eigenvalue weighted by Gasteiger charge is 2.37. The predicted molar refractivity (Wildman–Crippen MR) is 107 cm³/mol. The van der Waals surface area contributed by atoms with Gasteiger partial charge < -0.3 is 0 Å². The Labute approximate surface area is 166 Å². The SMILES string of the molecule is O=C1C(=Cc2ccc([N+](=O)[O-])cc2)SC(=S)N1C(=O)c1ccccc1Br. The van der Waals surface area contributed by atoms with Crippen LogP contribution < -0.4 is 0 Å². The van der Waals surface area contributed by atoms with E-state index in [2.05, 4.69) is 15.9 Å². The first-order chi connectivity index (χ1) is 12.4. The number of carbonyl (C=O) groups is 2. The number of nitrogens with zero attached hydrogens (tertiary/aromatic N) is 2. The van der Waals surface area contributed by atoms with Crippen molar-refractivity contribution < 1.29 is 14.5 Å². The van der Waals surface area contributed by atoms with Crippen LogP contribution in [-0.4, -0.2) is 26.0 Å². The third-order valence-corrected chi connectivity index (χ3v) is 5.50. The molecule has 1 fully saturated rings. The lowest BCUT2D eigenvalue weighted by Gasteiger charge is -2.13. The number of imide groups is 1. The highest BCUT2D eigenvalue weighted by atomic mass is 79.9. The molecule has 0 aliphatic carbocycles. The van der Waals surface area contributed by atoms with Crippen LogP contribution in [0.4, 0.5) is 5.69 Å². The van der Waals surface area contributed by atoms with Gasteiger partial charge in [0.2, 0.25) is 0 Å². The number of benzene rings is 2. The lowest BCUT2D eigenvalue weighted by molar-refractivity contribution is -0.384. The second-order valence-electron chi connectivity index (χ2n) is 5.15. The van der Waals surface area contributed by atoms with Crippen molar-refractivity contribution in [1.29, 1.82) is 0 Å². The molecule has 0 spiro atoms. The van der Waals surface area contributed by atoms with Crippen molar-refractivity contribution in [3.63, 3.8) is 0 Å². The van der Waals surface area contributed by atoms with Crippen molar-refractivity contribution >= 4 is 67.8 Å². The van der Waals surface area contributed by atoms with Gasteiger partial charge in [-0.25, -0.2) is 4.90 Å². The minimum absolute atomic E-state index is 0.0428. The number of hydrogen-bond donors (Lipinski definition) is 0. The first kappa shape index (κ1) is 18.4. The van der Waals surface area contributed by atoms with Gasteiger partial charge in [0.25, 0.3) is 17.5 Å². The molecule has 0 N–H and O–H groups in total. The van der Waals surface area contributed by atoms with Gasteiger partial charge in [-0.3, -0.25) is 19.7 Å². The molecule has 6 nitrogen and oxygen atoms in total. The Hall–Kier alpha value is -2.36. The van der Waals surface area contributed by atoms with Crippen LogP contribution in [0.1, 0.15) is 15.9 Å². The highest BCUT2D eigenvalue weighted by molar-refractivity contribution is 9.10. The van der Waals surface area contributed by atoms with Gasteiger partial charge in [-0.1, -0.05) is 36.1 Å². The molecule has 0 bridgehead atoms. The Morgan fingerprint density at radius 3 is 2.46 bits per heavy atom. The number of rotatable bonds is 3. The Balaban J connectivity index is 1.88. The summed E-state index contributed by atoms with van der Waals surface area (Å²) in [5.74, 6) is -1.02. The lowest BCUT2D eigenvalue weighted by atomic mass is 10.2. The average Bonchev–Trinajstić information content (AvgIpc) is 2.89. The van der Waals surface area contributed by atoms with E-state index in [4.69, 9.17) is 12.2 Å². The van der Waals surface area contributed by atoms with Crippen LogP contribution >= 0.6 is 39.9 Å². The highest BCUT2D eigenvalue weighted by Crippen LogP contribution is 2.34. The summed E-state index contributed by atoms with van der Waals surface area (Å²) in [7, 11) is 0. The fraction of sp³-hybridized carbons (Fsp3) is 0. The summed E-state index contributed by atoms with van der Waals surface area (Å²) in [6.07, 6.45) is 1.55. The zero-order valence-electron chi connectivity index (χ0n) is 12.9. The molecule has 0 atom stereocenters. The van der Waals surface area contributed by atoms with E-state index in [0.717, 1.165) is 16.7 Å². The number of halogens is 1. The third-order valence-electron chi connectivity index (χ3n) is 3.50. The number of nitro groups is 1. The van der Waals surface area contributed by atoms with Crippen LogP contribution in [0.3, 0.4) is 0 Å². The maximum absolute atomic E-state index is 12.7. The average molecular weight is 449 g/mol. The Bertz CT molecular complexity index is 973. The van der Waals surface area contributed by atoms with Crippen molar-refractivity contribution in [3.05, 3.63) is 79.2 Å². The van der Waals surface area contributed by atoms with Gasteiger partial charge in [-0.2, -0.15) is 0 Å². The molecular weight excluding hydrogens is 440 g/mol. The quantitative estimate of drug-likeness (QED) is 0.227. The summed E-state index contributed by atoms with van der Waals surface area (Å²) in [5, 5.41) is 10.7. The molecule has 2 aromatic rings. The summed E-state index contributed by atoms with van der Waals surface area (Å²) in [5.41, 5.74) is 0.892. The molecule has 1 saturated heterocycles. The van der Waals surface area contributed by atoms with E-state index in [0.29, 0.717) is 15.6 Å². The third kappa shape index (κ3) is 3.59. The van der Waals surface area contributed by atoms with Gasteiger partial charge >= 0.3 is 0 Å². The maximum Gasteiger partial charge on any atom is 0.273 e. The molecule has 130 valence electrons. The number of hydrogen-bond acceptors (Lipinski definition) is 6. The Kier molecular flexibility index (Phi) is 5.30. The van der Waals surface area contributed by atoms with E-state index in [-0.39, 0.29) is 14.9 Å². The van der Waals surface area contributed by atoms with Crippen LogP contribution in [-0.2, 0) is 4.79 Å². The summed E-state index contributed by atoms with van der Waals surface area (Å²) in [6, 6.07) is 12.5. The van der Waals surface area contributed by atoms with Crippen LogP contribution in [0.25, 0.3) is 6.08 Å². The normalized spacial score (nSPS) is 15.6. The number of amides is 2. The lowest BCUT2D eigenvalue weighted by Crippen LogP contribution is -2.34. The molecule has 1 aliphatic heterocycles. The standard InChI is InChI=1S/C17H9BrN2O4S2/c18-13-4-2-1-3-12(13)15(21)19-16(22)14(26-17(19)25)9-10-5-7-11(8-6-10)20(23)24/h1-9H. The first-order valence-corrected chi connectivity index (χ1v) is 9.21. The minimum Gasteiger partial charge on any atom is -0.268 e. The molecule has 3 rings (SSSR count). The fourth-order valence-corrected chi connectivity index (χ4v) is 3.95. The van der Waals surface area contributed by atoms with Crippen LogP contribution in [0, 0.1) is 10.1 Å². The molecule has 0 radical (unpaired) electrons. The molecule has 9 heteroatoms. The van der Waals surface area contributed by atoms with E-state index in [1.165, 1.54) is 24.3 Å². The molecule has 2 aromatic carbocycles. The van der Waals surface area contributed by atoms with Crippen LogP contribution in [0.5, 0.6) is 0 Å². The van der Waals surface area contributed by atoms with Crippen molar-refractivity contribution in [1.82, 2.24) is 4.90 Å². The van der Waals surface area contributed by atoms with Crippen molar-refractivity contribution in [2.24, 2.45) is 0 Å². The summed E-state index contributed by atoms with van der Waals surface area (Å²) in [6.45, 7) is 0. The molecule has 0 unspecified atom stereocenters. The number of thiocarbonyl (C=S) groups is 1. The minimum atomic E-state index is -0.515. The van der Waals surface area contributed by atoms with Crippen molar-refractivity contribution in [3.8, 4) is 0 Å². The summed E-state index contributed by atoms with van der Waals surface area (Å²) >= 11 is 9.49. The van der Waals surface area contributed by atoms with Gasteiger partial charge in [-0.15, -0.1) is 0 Å². The predicted octanol–water partition coefficient (Wildman–Crippen LogP) is 4.40. The first-order valence-electron chi connectivity index (χ1n) is 7.20. The maximum atomic E-state index is 12.7. The van der Waals surface area contributed by atoms with E-state index in [1.54, 1.807) is 30.3 Å².